The molecule has 12 aromatic rings. The molecule has 0 fully saturated rings. The number of fused-ring (bicyclic) bond motifs is 15. The summed E-state index contributed by atoms with van der Waals surface area (Å²) in [6.45, 7) is 9.09. The van der Waals surface area contributed by atoms with Gasteiger partial charge in [-0.05, 0) is 131 Å². The molecule has 6 aromatic carbocycles. The van der Waals surface area contributed by atoms with Crippen molar-refractivity contribution in [3.63, 3.8) is 0 Å². The molecule has 0 saturated carbocycles. The molecule has 0 saturated heterocycles. The molecule has 4 aliphatic rings. The number of rotatable bonds is 26. The summed E-state index contributed by atoms with van der Waals surface area (Å²) in [5.74, 6) is -0.372. The quantitative estimate of drug-likeness (QED) is 0.0302. The average molecular weight is 1490 g/mol. The zero-order valence-electron chi connectivity index (χ0n) is 60.4. The molecule has 524 valence electrons. The van der Waals surface area contributed by atoms with Gasteiger partial charge in [0.25, 0.3) is 0 Å². The second kappa shape index (κ2) is 30.1. The van der Waals surface area contributed by atoms with Crippen molar-refractivity contribution in [2.24, 2.45) is 0 Å². The number of aryl methyl sites for hydroxylation is 4. The molecule has 0 amide bonds. The first-order valence-corrected chi connectivity index (χ1v) is 42.9. The molecular formula is C94H80N4O2S6. The lowest BCUT2D eigenvalue weighted by Gasteiger charge is -2.34. The van der Waals surface area contributed by atoms with E-state index in [-0.39, 0.29) is 22.7 Å². The Balaban J connectivity index is 0.970. The van der Waals surface area contributed by atoms with E-state index in [1.807, 2.05) is 93.9 Å². The summed E-state index contributed by atoms with van der Waals surface area (Å²) in [5, 5.41) is 41.7. The highest BCUT2D eigenvalue weighted by atomic mass is 32.1. The highest BCUT2D eigenvalue weighted by Gasteiger charge is 2.56. The highest BCUT2D eigenvalue weighted by molar-refractivity contribution is 7.37. The van der Waals surface area contributed by atoms with Gasteiger partial charge >= 0.3 is 0 Å². The van der Waals surface area contributed by atoms with E-state index in [1.54, 1.807) is 34.8 Å². The Morgan fingerprint density at radius 2 is 0.623 bits per heavy atom. The van der Waals surface area contributed by atoms with E-state index in [4.69, 9.17) is 0 Å². The predicted octanol–water partition coefficient (Wildman–Crippen LogP) is 26.9. The molecule has 0 unspecified atom stereocenters. The Hall–Kier alpha value is -9.44. The normalized spacial score (nSPS) is 14.9. The van der Waals surface area contributed by atoms with Crippen molar-refractivity contribution in [3.05, 3.63) is 279 Å². The lowest BCUT2D eigenvalue weighted by Crippen LogP contribution is -2.29. The molecule has 6 nitrogen and oxygen atoms in total. The number of carbonyl (C=O) groups is 2. The van der Waals surface area contributed by atoms with Crippen molar-refractivity contribution in [1.29, 1.82) is 21.0 Å². The number of benzene rings is 6. The van der Waals surface area contributed by atoms with Crippen molar-refractivity contribution in [2.75, 3.05) is 0 Å². The Labute approximate surface area is 645 Å². The second-order valence-electron chi connectivity index (χ2n) is 28.9. The van der Waals surface area contributed by atoms with Crippen molar-refractivity contribution >= 4 is 131 Å². The molecular weight excluding hydrogens is 1410 g/mol. The fourth-order valence-corrected chi connectivity index (χ4v) is 26.1. The maximum atomic E-state index is 14.6. The maximum Gasteiger partial charge on any atom is 0.194 e. The van der Waals surface area contributed by atoms with E-state index < -0.39 is 10.8 Å². The van der Waals surface area contributed by atoms with Crippen LogP contribution < -0.4 is 0 Å². The smallest absolute Gasteiger partial charge is 0.194 e. The van der Waals surface area contributed by atoms with E-state index in [2.05, 4.69) is 161 Å². The molecule has 0 N–H and O–H groups in total. The van der Waals surface area contributed by atoms with Gasteiger partial charge in [-0.2, -0.15) is 21.0 Å². The van der Waals surface area contributed by atoms with Gasteiger partial charge in [-0.3, -0.25) is 9.59 Å². The van der Waals surface area contributed by atoms with Crippen LogP contribution in [0.2, 0.25) is 0 Å². The van der Waals surface area contributed by atoms with Crippen LogP contribution in [-0.4, -0.2) is 11.6 Å². The number of ketones is 2. The summed E-state index contributed by atoms with van der Waals surface area (Å²) in [5.41, 5.74) is 17.4. The molecule has 0 radical (unpaired) electrons. The second-order valence-corrected chi connectivity index (χ2v) is 35.2. The van der Waals surface area contributed by atoms with Crippen molar-refractivity contribution < 1.29 is 9.59 Å². The van der Waals surface area contributed by atoms with Gasteiger partial charge in [-0.15, -0.1) is 68.0 Å². The van der Waals surface area contributed by atoms with Gasteiger partial charge < -0.3 is 0 Å². The third-order valence-electron chi connectivity index (χ3n) is 22.5. The highest BCUT2D eigenvalue weighted by Crippen LogP contribution is 2.72. The van der Waals surface area contributed by atoms with Gasteiger partial charge in [-0.25, -0.2) is 0 Å². The van der Waals surface area contributed by atoms with E-state index in [0.29, 0.717) is 44.5 Å². The standard InChI is InChI=1S/C94H80N4O2S6/c1-5-9-13-17-25-57-33-41-63(42-34-57)93(64-43-35-58(36-44-64)26-18-14-10-6-2)79-85-75(51-67(101-85)49-73-77(61(53-95)54-96)69-29-21-23-31-71(69)83(73)99)103-87(79)89-81(93)91-92(105-89)82-90(106-91)88-80(86-76(104-88)52-68(102-86)50-74-78(62(55-97)56-98)70-30-22-24-32-72(70)84(74)100)94(82,65-45-37-59(38-46-65)27-19-15-11-7-3)66-47-39-60(40-48-66)28-20-16-12-8-4/h21-24,29-52H,5-20,25-28H2,1-4H3/b73-49-,74-50-. The number of unbranched alkanes of at least 4 members (excludes halogenated alkanes) is 12. The molecule has 6 heterocycles. The fraction of sp³-hybridized carbons (Fsp3) is 0.277. The lowest BCUT2D eigenvalue weighted by molar-refractivity contribution is 0.103. The summed E-state index contributed by atoms with van der Waals surface area (Å²) < 4.78 is 7.17. The van der Waals surface area contributed by atoms with Crippen LogP contribution in [-0.2, 0) is 36.5 Å². The first-order valence-electron chi connectivity index (χ1n) is 38.0. The minimum Gasteiger partial charge on any atom is -0.289 e. The minimum absolute atomic E-state index is 0.0733. The maximum absolute atomic E-state index is 14.6. The Bertz CT molecular complexity index is 5300. The van der Waals surface area contributed by atoms with Gasteiger partial charge in [0.1, 0.15) is 35.4 Å². The topological polar surface area (TPSA) is 129 Å². The van der Waals surface area contributed by atoms with Crippen LogP contribution in [0, 0.1) is 45.3 Å². The van der Waals surface area contributed by atoms with Crippen molar-refractivity contribution in [2.45, 2.75) is 167 Å². The summed E-state index contributed by atoms with van der Waals surface area (Å²) in [4.78, 5) is 36.1. The third kappa shape index (κ3) is 11.8. The van der Waals surface area contributed by atoms with E-state index in [1.165, 1.54) is 182 Å². The zero-order chi connectivity index (χ0) is 72.8. The molecule has 6 aromatic heterocycles. The first kappa shape index (κ1) is 70.8. The summed E-state index contributed by atoms with van der Waals surface area (Å²) in [6.07, 6.45) is 26.8. The zero-order valence-corrected chi connectivity index (χ0v) is 65.3. The average Bonchev–Trinajstić information content (AvgIpc) is 1.48. The molecule has 0 aliphatic heterocycles. The monoisotopic (exact) mass is 1490 g/mol. The number of hydrogen-bond donors (Lipinski definition) is 0. The number of hydrogen-bond acceptors (Lipinski definition) is 12. The number of Topliss-reactive ketones (excluding diaryl/α,β-unsaturated/α-hetero) is 2. The Morgan fingerprint density at radius 3 is 0.915 bits per heavy atom. The van der Waals surface area contributed by atoms with E-state index >= 15 is 0 Å². The van der Waals surface area contributed by atoms with Crippen molar-refractivity contribution in [1.82, 2.24) is 0 Å². The largest absolute Gasteiger partial charge is 0.289 e. The van der Waals surface area contributed by atoms with Gasteiger partial charge in [0.2, 0.25) is 0 Å². The lowest BCUT2D eigenvalue weighted by atomic mass is 9.67. The van der Waals surface area contributed by atoms with Crippen LogP contribution in [0.25, 0.3) is 71.0 Å². The summed E-state index contributed by atoms with van der Waals surface area (Å²) in [6, 6.07) is 66.5. The van der Waals surface area contributed by atoms with Crippen LogP contribution in [0.4, 0.5) is 0 Å². The summed E-state index contributed by atoms with van der Waals surface area (Å²) >= 11 is 11.0. The first-order chi connectivity index (χ1) is 52.1. The Kier molecular flexibility index (Phi) is 20.1. The van der Waals surface area contributed by atoms with Gasteiger partial charge in [0.15, 0.2) is 11.6 Å². The number of allylic oxidation sites excluding steroid dienone is 6. The number of thiophene rings is 6. The van der Waals surface area contributed by atoms with Crippen LogP contribution in [0.3, 0.4) is 0 Å². The van der Waals surface area contributed by atoms with E-state index in [0.717, 1.165) is 70.5 Å². The number of nitrogens with zero attached hydrogens (tertiary/aromatic N) is 4. The number of carbonyl (C=O) groups excluding carboxylic acids is 2. The van der Waals surface area contributed by atoms with Crippen LogP contribution in [0.1, 0.15) is 239 Å². The van der Waals surface area contributed by atoms with Gasteiger partial charge in [-0.1, -0.05) is 250 Å². The molecule has 16 rings (SSSR count). The van der Waals surface area contributed by atoms with Gasteiger partial charge in [0.05, 0.1) is 49.1 Å². The molecule has 0 bridgehead atoms. The summed E-state index contributed by atoms with van der Waals surface area (Å²) in [7, 11) is 0. The predicted molar refractivity (Wildman–Crippen MR) is 446 cm³/mol. The van der Waals surface area contributed by atoms with Crippen molar-refractivity contribution in [3.8, 4) is 43.8 Å². The van der Waals surface area contributed by atoms with Crippen LogP contribution >= 0.6 is 68.0 Å². The molecule has 0 atom stereocenters. The van der Waals surface area contributed by atoms with Crippen LogP contribution in [0.15, 0.2) is 180 Å². The number of nitriles is 4. The SMILES string of the molecule is CCCCCCc1ccc(C2(c3ccc(CCCCCC)cc3)c3c(sc4cc(/C=C5\C(=O)c6ccccc6C5=C(C#N)C#N)sc34)-c3sc4c5c(sc4c32)-c2sc3cc(/C=C4\C(=O)c6ccccc6C4=C(C#N)C#N)sc3c2C5(c2ccc(CCCCCC)cc2)c2ccc(CCCCCC)cc2)cc1. The fourth-order valence-electron chi connectivity index (χ4n) is 17.3. The van der Waals surface area contributed by atoms with Crippen LogP contribution in [0.5, 0.6) is 0 Å². The third-order valence-corrected chi connectivity index (χ3v) is 30.1. The minimum atomic E-state index is -0.806. The van der Waals surface area contributed by atoms with Gasteiger partial charge in [0, 0.05) is 74.8 Å². The van der Waals surface area contributed by atoms with E-state index in [9.17, 15) is 30.6 Å². The molecule has 0 spiro atoms. The molecule has 4 aliphatic carbocycles. The molecule has 12 heteroatoms. The molecule has 106 heavy (non-hydrogen) atoms. The Morgan fingerprint density at radius 1 is 0.340 bits per heavy atom.